The summed E-state index contributed by atoms with van der Waals surface area (Å²) in [6, 6.07) is 4.79. The van der Waals surface area contributed by atoms with Crippen molar-refractivity contribution in [1.82, 2.24) is 0 Å². The van der Waals surface area contributed by atoms with E-state index in [0.29, 0.717) is 17.7 Å². The normalized spacial score (nSPS) is 10.6. The molecule has 0 saturated carbocycles. The zero-order valence-electron chi connectivity index (χ0n) is 9.45. The number of hydrogen-bond donors (Lipinski definition) is 1. The first-order valence-corrected chi connectivity index (χ1v) is 5.27. The maximum atomic E-state index is 12.0. The molecular formula is C12H14F2O3. The van der Waals surface area contributed by atoms with Crippen molar-refractivity contribution in [1.29, 1.82) is 0 Å². The molecule has 1 N–H and O–H groups in total. The van der Waals surface area contributed by atoms with E-state index in [-0.39, 0.29) is 6.42 Å². The van der Waals surface area contributed by atoms with Gasteiger partial charge in [-0.3, -0.25) is 4.79 Å². The SMILES string of the molecule is CCc1cc(CC(=O)O)ccc1OCC(F)F. The van der Waals surface area contributed by atoms with E-state index in [4.69, 9.17) is 9.84 Å². The molecular weight excluding hydrogens is 230 g/mol. The number of ether oxygens (including phenoxy) is 1. The van der Waals surface area contributed by atoms with Gasteiger partial charge in [0, 0.05) is 0 Å². The molecule has 5 heteroatoms. The highest BCUT2D eigenvalue weighted by Gasteiger charge is 2.09. The van der Waals surface area contributed by atoms with E-state index in [1.54, 1.807) is 18.2 Å². The summed E-state index contributed by atoms with van der Waals surface area (Å²) in [5.74, 6) is -0.532. The van der Waals surface area contributed by atoms with Crippen molar-refractivity contribution in [2.45, 2.75) is 26.2 Å². The minimum Gasteiger partial charge on any atom is -0.487 e. The van der Waals surface area contributed by atoms with Gasteiger partial charge in [-0.05, 0) is 23.6 Å². The summed E-state index contributed by atoms with van der Waals surface area (Å²) in [7, 11) is 0. The number of halogens is 2. The highest BCUT2D eigenvalue weighted by atomic mass is 19.3. The first-order chi connectivity index (χ1) is 8.02. The van der Waals surface area contributed by atoms with Gasteiger partial charge in [0.15, 0.2) is 0 Å². The Bertz CT molecular complexity index is 391. The van der Waals surface area contributed by atoms with Crippen LogP contribution in [0.1, 0.15) is 18.1 Å². The summed E-state index contributed by atoms with van der Waals surface area (Å²) < 4.78 is 29.0. The molecule has 0 saturated heterocycles. The Morgan fingerprint density at radius 2 is 2.18 bits per heavy atom. The molecule has 0 aliphatic rings. The summed E-state index contributed by atoms with van der Waals surface area (Å²) in [5, 5.41) is 8.65. The van der Waals surface area contributed by atoms with Crippen LogP contribution in [0.15, 0.2) is 18.2 Å². The van der Waals surface area contributed by atoms with Crippen LogP contribution in [-0.4, -0.2) is 24.1 Å². The lowest BCUT2D eigenvalue weighted by Gasteiger charge is -2.11. The van der Waals surface area contributed by atoms with E-state index in [2.05, 4.69) is 0 Å². The van der Waals surface area contributed by atoms with Crippen molar-refractivity contribution in [2.75, 3.05) is 6.61 Å². The van der Waals surface area contributed by atoms with Gasteiger partial charge >= 0.3 is 5.97 Å². The number of alkyl halides is 2. The van der Waals surface area contributed by atoms with Crippen LogP contribution in [0.3, 0.4) is 0 Å². The standard InChI is InChI=1S/C12H14F2O3/c1-2-9-5-8(6-12(15)16)3-4-10(9)17-7-11(13)14/h3-5,11H,2,6-7H2,1H3,(H,15,16). The molecule has 0 heterocycles. The molecule has 1 aromatic carbocycles. The summed E-state index contributed by atoms with van der Waals surface area (Å²) in [6.07, 6.45) is -1.99. The van der Waals surface area contributed by atoms with Crippen LogP contribution in [-0.2, 0) is 17.6 Å². The van der Waals surface area contributed by atoms with Crippen molar-refractivity contribution >= 4 is 5.97 Å². The fraction of sp³-hybridized carbons (Fsp3) is 0.417. The predicted molar refractivity (Wildman–Crippen MR) is 58.7 cm³/mol. The number of benzene rings is 1. The Labute approximate surface area is 98.0 Å². The third-order valence-corrected chi connectivity index (χ3v) is 2.23. The molecule has 0 unspecified atom stereocenters. The van der Waals surface area contributed by atoms with Crippen molar-refractivity contribution in [3.63, 3.8) is 0 Å². The maximum absolute atomic E-state index is 12.0. The molecule has 1 aromatic rings. The quantitative estimate of drug-likeness (QED) is 0.836. The second-order valence-corrected chi connectivity index (χ2v) is 3.57. The van der Waals surface area contributed by atoms with Crippen LogP contribution in [0.5, 0.6) is 5.75 Å². The fourth-order valence-corrected chi connectivity index (χ4v) is 1.49. The second kappa shape index (κ2) is 6.18. The van der Waals surface area contributed by atoms with Gasteiger partial charge in [0.05, 0.1) is 6.42 Å². The Morgan fingerprint density at radius 1 is 1.47 bits per heavy atom. The van der Waals surface area contributed by atoms with Crippen molar-refractivity contribution in [3.05, 3.63) is 29.3 Å². The molecule has 17 heavy (non-hydrogen) atoms. The van der Waals surface area contributed by atoms with E-state index in [0.717, 1.165) is 5.56 Å². The molecule has 94 valence electrons. The molecule has 0 aliphatic carbocycles. The average Bonchev–Trinajstić information content (AvgIpc) is 2.26. The van der Waals surface area contributed by atoms with Crippen LogP contribution >= 0.6 is 0 Å². The number of aryl methyl sites for hydroxylation is 1. The highest BCUT2D eigenvalue weighted by molar-refractivity contribution is 5.70. The molecule has 0 radical (unpaired) electrons. The van der Waals surface area contributed by atoms with Crippen LogP contribution in [0.25, 0.3) is 0 Å². The van der Waals surface area contributed by atoms with Gasteiger partial charge in [0.25, 0.3) is 6.43 Å². The lowest BCUT2D eigenvalue weighted by Crippen LogP contribution is -2.09. The molecule has 1 rings (SSSR count). The number of rotatable bonds is 6. The van der Waals surface area contributed by atoms with Crippen LogP contribution in [0.2, 0.25) is 0 Å². The van der Waals surface area contributed by atoms with E-state index in [1.165, 1.54) is 0 Å². The van der Waals surface area contributed by atoms with Gasteiger partial charge in [0.2, 0.25) is 0 Å². The van der Waals surface area contributed by atoms with E-state index < -0.39 is 19.0 Å². The fourth-order valence-electron chi connectivity index (χ4n) is 1.49. The number of aliphatic carboxylic acids is 1. The van der Waals surface area contributed by atoms with Crippen LogP contribution in [0.4, 0.5) is 8.78 Å². The van der Waals surface area contributed by atoms with Crippen molar-refractivity contribution in [3.8, 4) is 5.75 Å². The van der Waals surface area contributed by atoms with E-state index in [1.807, 2.05) is 6.92 Å². The largest absolute Gasteiger partial charge is 0.487 e. The lowest BCUT2D eigenvalue weighted by atomic mass is 10.1. The average molecular weight is 244 g/mol. The molecule has 0 bridgehead atoms. The zero-order chi connectivity index (χ0) is 12.8. The zero-order valence-corrected chi connectivity index (χ0v) is 9.45. The predicted octanol–water partition coefficient (Wildman–Crippen LogP) is 2.52. The number of carboxylic acids is 1. The summed E-state index contributed by atoms with van der Waals surface area (Å²) in [4.78, 5) is 10.5. The molecule has 0 spiro atoms. The molecule has 0 atom stereocenters. The number of carboxylic acid groups (broad SMARTS) is 1. The monoisotopic (exact) mass is 244 g/mol. The Balaban J connectivity index is 2.81. The minimum absolute atomic E-state index is 0.0812. The van der Waals surface area contributed by atoms with Gasteiger partial charge in [-0.15, -0.1) is 0 Å². The first-order valence-electron chi connectivity index (χ1n) is 5.27. The Kier molecular flexibility index (Phi) is 4.87. The highest BCUT2D eigenvalue weighted by Crippen LogP contribution is 2.21. The van der Waals surface area contributed by atoms with E-state index >= 15 is 0 Å². The minimum atomic E-state index is -2.52. The molecule has 0 fully saturated rings. The first kappa shape index (κ1) is 13.4. The Morgan fingerprint density at radius 3 is 2.71 bits per heavy atom. The molecule has 0 aliphatic heterocycles. The van der Waals surface area contributed by atoms with Crippen LogP contribution < -0.4 is 4.74 Å². The summed E-state index contributed by atoms with van der Waals surface area (Å²) in [6.45, 7) is 1.21. The number of carbonyl (C=O) groups is 1. The molecule has 0 aromatic heterocycles. The van der Waals surface area contributed by atoms with Crippen molar-refractivity contribution in [2.24, 2.45) is 0 Å². The summed E-state index contributed by atoms with van der Waals surface area (Å²) >= 11 is 0. The Hall–Kier alpha value is -1.65. The lowest BCUT2D eigenvalue weighted by molar-refractivity contribution is -0.136. The van der Waals surface area contributed by atoms with Gasteiger partial charge in [-0.25, -0.2) is 8.78 Å². The second-order valence-electron chi connectivity index (χ2n) is 3.57. The third kappa shape index (κ3) is 4.38. The van der Waals surface area contributed by atoms with Gasteiger partial charge in [-0.2, -0.15) is 0 Å². The van der Waals surface area contributed by atoms with Crippen molar-refractivity contribution < 1.29 is 23.4 Å². The van der Waals surface area contributed by atoms with Gasteiger partial charge in [0.1, 0.15) is 12.4 Å². The van der Waals surface area contributed by atoms with Gasteiger partial charge < -0.3 is 9.84 Å². The maximum Gasteiger partial charge on any atom is 0.307 e. The number of hydrogen-bond acceptors (Lipinski definition) is 2. The molecule has 3 nitrogen and oxygen atoms in total. The van der Waals surface area contributed by atoms with Gasteiger partial charge in [-0.1, -0.05) is 19.1 Å². The smallest absolute Gasteiger partial charge is 0.307 e. The van der Waals surface area contributed by atoms with E-state index in [9.17, 15) is 13.6 Å². The topological polar surface area (TPSA) is 46.5 Å². The third-order valence-electron chi connectivity index (χ3n) is 2.23. The van der Waals surface area contributed by atoms with Crippen LogP contribution in [0, 0.1) is 0 Å². The summed E-state index contributed by atoms with van der Waals surface area (Å²) in [5.41, 5.74) is 1.38. The molecule has 0 amide bonds.